The summed E-state index contributed by atoms with van der Waals surface area (Å²) in [6.07, 6.45) is -0.594. The number of carboxylic acids is 1. The first-order valence-corrected chi connectivity index (χ1v) is 4.22. The van der Waals surface area contributed by atoms with E-state index in [1.54, 1.807) is 12.1 Å². The van der Waals surface area contributed by atoms with Crippen LogP contribution in [0.2, 0.25) is 0 Å². The molecule has 1 N–H and O–H groups in total. The highest BCUT2D eigenvalue weighted by molar-refractivity contribution is 5.73. The number of rotatable bonds is 2. The van der Waals surface area contributed by atoms with E-state index in [0.717, 1.165) is 5.56 Å². The molecule has 4 nitrogen and oxygen atoms in total. The van der Waals surface area contributed by atoms with Crippen LogP contribution in [-0.4, -0.2) is 23.8 Å². The molecule has 1 aromatic rings. The highest BCUT2D eigenvalue weighted by Crippen LogP contribution is 2.25. The van der Waals surface area contributed by atoms with Crippen LogP contribution in [0.4, 0.5) is 0 Å². The van der Waals surface area contributed by atoms with Crippen LogP contribution >= 0.6 is 0 Å². The first-order valence-electron chi connectivity index (χ1n) is 4.22. The van der Waals surface area contributed by atoms with Gasteiger partial charge in [0.2, 0.25) is 0 Å². The number of ether oxygens (including phenoxy) is 2. The van der Waals surface area contributed by atoms with Crippen LogP contribution in [0.15, 0.2) is 30.3 Å². The Labute approximate surface area is 81.1 Å². The molecule has 1 heterocycles. The van der Waals surface area contributed by atoms with Gasteiger partial charge in [-0.05, 0) is 0 Å². The maximum atomic E-state index is 10.6. The fourth-order valence-electron chi connectivity index (χ4n) is 1.20. The fourth-order valence-corrected chi connectivity index (χ4v) is 1.20. The highest BCUT2D eigenvalue weighted by Gasteiger charge is 2.33. The summed E-state index contributed by atoms with van der Waals surface area (Å²) in [7, 11) is 0. The second-order valence-corrected chi connectivity index (χ2v) is 2.91. The third kappa shape index (κ3) is 1.76. The van der Waals surface area contributed by atoms with E-state index >= 15 is 0 Å². The summed E-state index contributed by atoms with van der Waals surface area (Å²) in [5.74, 6) is -1.00. The Hall–Kier alpha value is -1.39. The lowest BCUT2D eigenvalue weighted by Crippen LogP contribution is -2.21. The van der Waals surface area contributed by atoms with Crippen LogP contribution in [0.25, 0.3) is 0 Å². The highest BCUT2D eigenvalue weighted by atomic mass is 16.7. The van der Waals surface area contributed by atoms with Crippen molar-refractivity contribution < 1.29 is 19.4 Å². The molecule has 0 amide bonds. The van der Waals surface area contributed by atoms with E-state index in [9.17, 15) is 4.79 Å². The maximum absolute atomic E-state index is 10.6. The van der Waals surface area contributed by atoms with Gasteiger partial charge in [-0.1, -0.05) is 30.3 Å². The molecule has 1 aliphatic rings. The van der Waals surface area contributed by atoms with Crippen LogP contribution < -0.4 is 0 Å². The lowest BCUT2D eigenvalue weighted by atomic mass is 10.2. The molecule has 0 bridgehead atoms. The Morgan fingerprint density at radius 3 is 2.64 bits per heavy atom. The fraction of sp³-hybridized carbons (Fsp3) is 0.200. The molecule has 14 heavy (non-hydrogen) atoms. The van der Waals surface area contributed by atoms with Crippen LogP contribution in [-0.2, 0) is 14.3 Å². The van der Waals surface area contributed by atoms with Gasteiger partial charge in [0, 0.05) is 5.56 Å². The van der Waals surface area contributed by atoms with Gasteiger partial charge in [-0.15, -0.1) is 0 Å². The molecule has 2 rings (SSSR count). The molecule has 1 aromatic carbocycles. The normalized spacial score (nSPS) is 22.4. The summed E-state index contributed by atoms with van der Waals surface area (Å²) in [5.41, 5.74) is 0.760. The van der Waals surface area contributed by atoms with Crippen molar-refractivity contribution in [2.45, 2.75) is 6.10 Å². The summed E-state index contributed by atoms with van der Waals surface area (Å²) in [5, 5.41) is 8.66. The molecule has 0 spiro atoms. The quantitative estimate of drug-likeness (QED) is 0.762. The Morgan fingerprint density at radius 2 is 2.07 bits per heavy atom. The van der Waals surface area contributed by atoms with Gasteiger partial charge in [0.1, 0.15) is 0 Å². The van der Waals surface area contributed by atoms with Gasteiger partial charge in [-0.3, -0.25) is 0 Å². The standard InChI is InChI=1S/C10H9O4/c11-9(12)8-6-13-10(14-8)7-4-2-1-3-5-7/h1-5,8H,6H2,(H,11,12). The van der Waals surface area contributed by atoms with Crippen LogP contribution in [0, 0.1) is 6.29 Å². The molecule has 1 aliphatic heterocycles. The molecule has 1 fully saturated rings. The lowest BCUT2D eigenvalue weighted by Gasteiger charge is -2.06. The Balaban J connectivity index is 2.06. The van der Waals surface area contributed by atoms with Crippen molar-refractivity contribution in [2.75, 3.05) is 6.61 Å². The molecule has 4 heteroatoms. The molecule has 1 radical (unpaired) electrons. The zero-order valence-corrected chi connectivity index (χ0v) is 7.34. The average Bonchev–Trinajstić information content (AvgIpc) is 2.68. The van der Waals surface area contributed by atoms with E-state index in [1.165, 1.54) is 0 Å². The Morgan fingerprint density at radius 1 is 1.36 bits per heavy atom. The molecule has 0 aromatic heterocycles. The van der Waals surface area contributed by atoms with Gasteiger partial charge < -0.3 is 14.6 Å². The molecule has 0 saturated carbocycles. The maximum Gasteiger partial charge on any atom is 0.335 e. The van der Waals surface area contributed by atoms with E-state index in [4.69, 9.17) is 14.6 Å². The zero-order chi connectivity index (χ0) is 9.97. The first-order chi connectivity index (χ1) is 6.77. The average molecular weight is 193 g/mol. The predicted octanol–water partition coefficient (Wildman–Crippen LogP) is 1.02. The van der Waals surface area contributed by atoms with Gasteiger partial charge in [-0.25, -0.2) is 4.79 Å². The first kappa shape index (κ1) is 9.18. The summed E-state index contributed by atoms with van der Waals surface area (Å²) in [4.78, 5) is 10.6. The predicted molar refractivity (Wildman–Crippen MR) is 47.2 cm³/mol. The van der Waals surface area contributed by atoms with Gasteiger partial charge in [0.15, 0.2) is 6.10 Å². The van der Waals surface area contributed by atoms with Gasteiger partial charge >= 0.3 is 5.97 Å². The number of hydrogen-bond acceptors (Lipinski definition) is 3. The van der Waals surface area contributed by atoms with Crippen molar-refractivity contribution in [2.24, 2.45) is 0 Å². The second-order valence-electron chi connectivity index (χ2n) is 2.91. The summed E-state index contributed by atoms with van der Waals surface area (Å²) in [6.45, 7) is 0.0690. The van der Waals surface area contributed by atoms with Gasteiger partial charge in [0.05, 0.1) is 6.61 Å². The molecule has 1 atom stereocenters. The van der Waals surface area contributed by atoms with Crippen LogP contribution in [0.3, 0.4) is 0 Å². The summed E-state index contributed by atoms with van der Waals surface area (Å²) < 4.78 is 10.2. The second kappa shape index (κ2) is 3.77. The van der Waals surface area contributed by atoms with Crippen molar-refractivity contribution in [3.05, 3.63) is 42.2 Å². The summed E-state index contributed by atoms with van der Waals surface area (Å²) >= 11 is 0. The van der Waals surface area contributed by atoms with E-state index in [1.807, 2.05) is 18.2 Å². The number of hydrogen-bond donors (Lipinski definition) is 1. The lowest BCUT2D eigenvalue weighted by molar-refractivity contribution is -0.146. The number of aliphatic carboxylic acids is 1. The van der Waals surface area contributed by atoms with E-state index in [0.29, 0.717) is 0 Å². The monoisotopic (exact) mass is 193 g/mol. The zero-order valence-electron chi connectivity index (χ0n) is 7.34. The molecular formula is C10H9O4. The molecule has 0 aliphatic carbocycles. The third-order valence-electron chi connectivity index (χ3n) is 1.90. The van der Waals surface area contributed by atoms with Crippen LogP contribution in [0.5, 0.6) is 0 Å². The van der Waals surface area contributed by atoms with E-state index < -0.39 is 12.1 Å². The van der Waals surface area contributed by atoms with Crippen molar-refractivity contribution >= 4 is 5.97 Å². The SMILES string of the molecule is O=C(O)C1CO[C](c2ccccc2)O1. The Bertz CT molecular complexity index is 322. The largest absolute Gasteiger partial charge is 0.479 e. The van der Waals surface area contributed by atoms with Crippen LogP contribution in [0.1, 0.15) is 5.56 Å². The third-order valence-corrected chi connectivity index (χ3v) is 1.90. The number of benzene rings is 1. The summed E-state index contributed by atoms with van der Waals surface area (Å²) in [6, 6.07) is 9.15. The molecule has 73 valence electrons. The van der Waals surface area contributed by atoms with Crippen molar-refractivity contribution in [1.29, 1.82) is 0 Å². The van der Waals surface area contributed by atoms with E-state index in [-0.39, 0.29) is 12.9 Å². The Kier molecular flexibility index (Phi) is 2.47. The molecule has 1 saturated heterocycles. The minimum Gasteiger partial charge on any atom is -0.479 e. The van der Waals surface area contributed by atoms with Crippen molar-refractivity contribution in [3.63, 3.8) is 0 Å². The topological polar surface area (TPSA) is 55.8 Å². The van der Waals surface area contributed by atoms with Gasteiger partial charge in [0.25, 0.3) is 6.29 Å². The van der Waals surface area contributed by atoms with Crippen molar-refractivity contribution in [1.82, 2.24) is 0 Å². The van der Waals surface area contributed by atoms with E-state index in [2.05, 4.69) is 0 Å². The van der Waals surface area contributed by atoms with Crippen molar-refractivity contribution in [3.8, 4) is 0 Å². The van der Waals surface area contributed by atoms with Gasteiger partial charge in [-0.2, -0.15) is 0 Å². The minimum atomic E-state index is -1.00. The smallest absolute Gasteiger partial charge is 0.335 e. The number of carbonyl (C=O) groups is 1. The number of carboxylic acid groups (broad SMARTS) is 1. The minimum absolute atomic E-state index is 0.0690. The molecule has 1 unspecified atom stereocenters. The molecular weight excluding hydrogens is 184 g/mol.